The molecule has 0 aromatic heterocycles. The quantitative estimate of drug-likeness (QED) is 0.824. The number of hydrogen-bond acceptors (Lipinski definition) is 4. The van der Waals surface area contributed by atoms with Crippen LogP contribution in [0.25, 0.3) is 0 Å². The molecule has 1 unspecified atom stereocenters. The molecule has 7 heteroatoms. The van der Waals surface area contributed by atoms with Crippen LogP contribution in [0.4, 0.5) is 9.18 Å². The molecule has 3 rings (SSSR count). The molecule has 2 fully saturated rings. The third-order valence-electron chi connectivity index (χ3n) is 4.32. The average molecular weight is 336 g/mol. The van der Waals surface area contributed by atoms with Crippen LogP contribution < -0.4 is 4.74 Å². The first-order valence-electron chi connectivity index (χ1n) is 8.19. The fraction of sp³-hybridized carbons (Fsp3) is 0.529. The molecule has 2 aliphatic rings. The summed E-state index contributed by atoms with van der Waals surface area (Å²) < 4.78 is 23.6. The van der Waals surface area contributed by atoms with E-state index < -0.39 is 6.09 Å². The van der Waals surface area contributed by atoms with E-state index in [1.165, 1.54) is 17.0 Å². The predicted octanol–water partition coefficient (Wildman–Crippen LogP) is 1.90. The van der Waals surface area contributed by atoms with Crippen LogP contribution in [-0.2, 0) is 9.53 Å². The molecule has 1 aromatic carbocycles. The molecule has 24 heavy (non-hydrogen) atoms. The Morgan fingerprint density at radius 3 is 3.00 bits per heavy atom. The van der Waals surface area contributed by atoms with Gasteiger partial charge in [0.15, 0.2) is 0 Å². The Kier molecular flexibility index (Phi) is 5.17. The van der Waals surface area contributed by atoms with E-state index in [2.05, 4.69) is 0 Å². The lowest BCUT2D eigenvalue weighted by Gasteiger charge is -2.33. The Hall–Kier alpha value is -2.31. The summed E-state index contributed by atoms with van der Waals surface area (Å²) in [6.45, 7) is 2.60. The van der Waals surface area contributed by atoms with Gasteiger partial charge in [-0.2, -0.15) is 0 Å². The maximum absolute atomic E-state index is 13.2. The van der Waals surface area contributed by atoms with Crippen molar-refractivity contribution in [2.24, 2.45) is 5.92 Å². The van der Waals surface area contributed by atoms with Gasteiger partial charge in [0.25, 0.3) is 0 Å². The van der Waals surface area contributed by atoms with Gasteiger partial charge in [0, 0.05) is 25.1 Å². The van der Waals surface area contributed by atoms with E-state index in [0.29, 0.717) is 38.6 Å². The lowest BCUT2D eigenvalue weighted by atomic mass is 9.99. The van der Waals surface area contributed by atoms with Crippen LogP contribution in [0.2, 0.25) is 0 Å². The zero-order chi connectivity index (χ0) is 16.9. The largest absolute Gasteiger partial charge is 0.493 e. The van der Waals surface area contributed by atoms with Gasteiger partial charge in [0.2, 0.25) is 5.91 Å². The highest BCUT2D eigenvalue weighted by Gasteiger charge is 2.29. The molecule has 2 aliphatic heterocycles. The SMILES string of the molecule is O=C(CN1CCOC1=O)N1CCCC(COc2cccc(F)c2)C1. The van der Waals surface area contributed by atoms with Gasteiger partial charge in [-0.05, 0) is 25.0 Å². The molecule has 1 atom stereocenters. The standard InChI is InChI=1S/C17H21FN2O4/c18-14-4-1-5-15(9-14)24-12-13-3-2-6-19(10-13)16(21)11-20-7-8-23-17(20)22/h1,4-5,9,13H,2-3,6-8,10-12H2. The molecule has 0 radical (unpaired) electrons. The molecule has 130 valence electrons. The van der Waals surface area contributed by atoms with Crippen molar-refractivity contribution in [2.75, 3.05) is 39.4 Å². The number of rotatable bonds is 5. The number of benzene rings is 1. The third-order valence-corrected chi connectivity index (χ3v) is 4.32. The normalized spacial score (nSPS) is 20.9. The number of likely N-dealkylation sites (tertiary alicyclic amines) is 1. The first-order valence-corrected chi connectivity index (χ1v) is 8.19. The topological polar surface area (TPSA) is 59.1 Å². The maximum atomic E-state index is 13.2. The summed E-state index contributed by atoms with van der Waals surface area (Å²) in [4.78, 5) is 27.0. The number of nitrogens with zero attached hydrogens (tertiary/aromatic N) is 2. The molecule has 0 saturated carbocycles. The van der Waals surface area contributed by atoms with Crippen molar-refractivity contribution in [3.05, 3.63) is 30.1 Å². The Labute approximate surface area is 140 Å². The summed E-state index contributed by atoms with van der Waals surface area (Å²) in [6.07, 6.45) is 1.43. The van der Waals surface area contributed by atoms with Crippen LogP contribution >= 0.6 is 0 Å². The number of carbonyl (C=O) groups is 2. The molecule has 0 aliphatic carbocycles. The van der Waals surface area contributed by atoms with Crippen LogP contribution in [0.15, 0.2) is 24.3 Å². The van der Waals surface area contributed by atoms with Crippen molar-refractivity contribution in [3.63, 3.8) is 0 Å². The Morgan fingerprint density at radius 1 is 1.38 bits per heavy atom. The molecular weight excluding hydrogens is 315 g/mol. The van der Waals surface area contributed by atoms with Crippen LogP contribution in [-0.4, -0.2) is 61.2 Å². The molecule has 0 bridgehead atoms. The minimum absolute atomic E-state index is 0.0655. The first-order chi connectivity index (χ1) is 11.6. The summed E-state index contributed by atoms with van der Waals surface area (Å²) in [5, 5.41) is 0. The minimum Gasteiger partial charge on any atom is -0.493 e. The minimum atomic E-state index is -0.425. The predicted molar refractivity (Wildman–Crippen MR) is 84.1 cm³/mol. The number of piperidine rings is 1. The van der Waals surface area contributed by atoms with E-state index in [1.807, 2.05) is 0 Å². The fourth-order valence-corrected chi connectivity index (χ4v) is 3.03. The summed E-state index contributed by atoms with van der Waals surface area (Å²) >= 11 is 0. The number of halogens is 1. The summed E-state index contributed by atoms with van der Waals surface area (Å²) in [7, 11) is 0. The zero-order valence-electron chi connectivity index (χ0n) is 13.4. The Bertz CT molecular complexity index is 610. The monoisotopic (exact) mass is 336 g/mol. The van der Waals surface area contributed by atoms with Gasteiger partial charge in [0.05, 0.1) is 13.2 Å². The molecule has 2 amide bonds. The Morgan fingerprint density at radius 2 is 2.25 bits per heavy atom. The Balaban J connectivity index is 1.48. The number of hydrogen-bond donors (Lipinski definition) is 0. The van der Waals surface area contributed by atoms with Gasteiger partial charge in [0.1, 0.15) is 24.7 Å². The summed E-state index contributed by atoms with van der Waals surface area (Å²) in [5.74, 6) is 0.310. The van der Waals surface area contributed by atoms with E-state index in [9.17, 15) is 14.0 Å². The van der Waals surface area contributed by atoms with Crippen LogP contribution in [0.1, 0.15) is 12.8 Å². The van der Waals surface area contributed by atoms with E-state index in [-0.39, 0.29) is 24.2 Å². The first kappa shape index (κ1) is 16.5. The van der Waals surface area contributed by atoms with Crippen molar-refractivity contribution in [1.29, 1.82) is 0 Å². The summed E-state index contributed by atoms with van der Waals surface area (Å²) in [5.41, 5.74) is 0. The molecule has 0 spiro atoms. The van der Waals surface area contributed by atoms with Gasteiger partial charge < -0.3 is 14.4 Å². The third kappa shape index (κ3) is 4.15. The zero-order valence-corrected chi connectivity index (χ0v) is 13.4. The van der Waals surface area contributed by atoms with Crippen LogP contribution in [0.3, 0.4) is 0 Å². The van der Waals surface area contributed by atoms with E-state index in [1.54, 1.807) is 17.0 Å². The number of carbonyl (C=O) groups excluding carboxylic acids is 2. The lowest BCUT2D eigenvalue weighted by Crippen LogP contribution is -2.46. The van der Waals surface area contributed by atoms with Crippen LogP contribution in [0.5, 0.6) is 5.75 Å². The van der Waals surface area contributed by atoms with E-state index >= 15 is 0 Å². The van der Waals surface area contributed by atoms with Crippen molar-refractivity contribution < 1.29 is 23.5 Å². The van der Waals surface area contributed by atoms with E-state index in [4.69, 9.17) is 9.47 Å². The molecule has 2 heterocycles. The number of cyclic esters (lactones) is 1. The number of ether oxygens (including phenoxy) is 2. The van der Waals surface area contributed by atoms with E-state index in [0.717, 1.165) is 12.8 Å². The fourth-order valence-electron chi connectivity index (χ4n) is 3.03. The summed E-state index contributed by atoms with van der Waals surface area (Å²) in [6, 6.07) is 6.05. The lowest BCUT2D eigenvalue weighted by molar-refractivity contribution is -0.133. The van der Waals surface area contributed by atoms with Gasteiger partial charge >= 0.3 is 6.09 Å². The van der Waals surface area contributed by atoms with Crippen molar-refractivity contribution in [3.8, 4) is 5.75 Å². The number of amides is 2. The van der Waals surface area contributed by atoms with Gasteiger partial charge in [-0.15, -0.1) is 0 Å². The molecular formula is C17H21FN2O4. The smallest absolute Gasteiger partial charge is 0.410 e. The highest BCUT2D eigenvalue weighted by molar-refractivity contribution is 5.83. The molecule has 6 nitrogen and oxygen atoms in total. The average Bonchev–Trinajstić information content (AvgIpc) is 2.98. The molecule has 1 aromatic rings. The second kappa shape index (κ2) is 7.51. The van der Waals surface area contributed by atoms with Crippen molar-refractivity contribution in [2.45, 2.75) is 12.8 Å². The van der Waals surface area contributed by atoms with Gasteiger partial charge in [-0.1, -0.05) is 6.07 Å². The highest BCUT2D eigenvalue weighted by Crippen LogP contribution is 2.20. The molecule has 0 N–H and O–H groups in total. The van der Waals surface area contributed by atoms with Crippen molar-refractivity contribution >= 4 is 12.0 Å². The van der Waals surface area contributed by atoms with Crippen LogP contribution in [0, 0.1) is 11.7 Å². The van der Waals surface area contributed by atoms with Crippen molar-refractivity contribution in [1.82, 2.24) is 9.80 Å². The second-order valence-electron chi connectivity index (χ2n) is 6.15. The maximum Gasteiger partial charge on any atom is 0.410 e. The van der Waals surface area contributed by atoms with Gasteiger partial charge in [-0.25, -0.2) is 9.18 Å². The van der Waals surface area contributed by atoms with Gasteiger partial charge in [-0.3, -0.25) is 9.69 Å². The molecule has 2 saturated heterocycles. The highest BCUT2D eigenvalue weighted by atomic mass is 19.1. The second-order valence-corrected chi connectivity index (χ2v) is 6.15.